The van der Waals surface area contributed by atoms with Crippen molar-refractivity contribution in [2.45, 2.75) is 5.41 Å². The summed E-state index contributed by atoms with van der Waals surface area (Å²) in [7, 11) is 0. The lowest BCUT2D eigenvalue weighted by molar-refractivity contribution is 0.769. The maximum Gasteiger partial charge on any atom is 0.0714 e. The maximum atomic E-state index is 2.50. The predicted molar refractivity (Wildman–Crippen MR) is 238 cm³/mol. The van der Waals surface area contributed by atoms with Gasteiger partial charge in [0, 0.05) is 32.9 Å². The first-order chi connectivity index (χ1) is 28.3. The van der Waals surface area contributed by atoms with Gasteiger partial charge in [-0.15, -0.1) is 0 Å². The molecule has 2 heteroatoms. The standard InChI is InChI=1S/C55H36N2/c1-5-17-39(18-6-1)55(40-19-7-2-8-20-40)49-27-15-13-25-43(49)45-35-48-47-34-38(30-32-53(47)57(54(48)36-50(45)55)42-23-11-4-12-24-42)37-29-31-52-46(33-37)44-26-14-16-28-51(44)56(52)41-21-9-3-10-22-41/h1-36H. The predicted octanol–water partition coefficient (Wildman–Crippen LogP) is 13.9. The molecule has 1 aliphatic rings. The molecule has 9 aromatic carbocycles. The number of nitrogens with zero attached hydrogens (tertiary/aromatic N) is 2. The zero-order chi connectivity index (χ0) is 37.5. The molecule has 0 amide bonds. The van der Waals surface area contributed by atoms with E-state index >= 15 is 0 Å². The first-order valence-corrected chi connectivity index (χ1v) is 19.8. The molecule has 0 fully saturated rings. The highest BCUT2D eigenvalue weighted by Crippen LogP contribution is 2.57. The molecule has 0 N–H and O–H groups in total. The third-order valence-electron chi connectivity index (χ3n) is 12.4. The van der Waals surface area contributed by atoms with Crippen molar-refractivity contribution < 1.29 is 0 Å². The second kappa shape index (κ2) is 12.3. The smallest absolute Gasteiger partial charge is 0.0714 e. The summed E-state index contributed by atoms with van der Waals surface area (Å²) in [6.45, 7) is 0. The van der Waals surface area contributed by atoms with Gasteiger partial charge in [0.25, 0.3) is 0 Å². The molecule has 2 heterocycles. The number of hydrogen-bond acceptors (Lipinski definition) is 0. The lowest BCUT2D eigenvalue weighted by atomic mass is 9.67. The fraction of sp³-hybridized carbons (Fsp3) is 0.0182. The van der Waals surface area contributed by atoms with E-state index in [0.717, 1.165) is 5.69 Å². The van der Waals surface area contributed by atoms with Crippen molar-refractivity contribution in [3.8, 4) is 33.6 Å². The van der Waals surface area contributed by atoms with Gasteiger partial charge < -0.3 is 9.13 Å². The van der Waals surface area contributed by atoms with Gasteiger partial charge in [-0.25, -0.2) is 0 Å². The Bertz CT molecular complexity index is 3280. The second-order valence-corrected chi connectivity index (χ2v) is 15.3. The summed E-state index contributed by atoms with van der Waals surface area (Å²) >= 11 is 0. The molecule has 2 aromatic heterocycles. The summed E-state index contributed by atoms with van der Waals surface area (Å²) in [5, 5.41) is 5.01. The van der Waals surface area contributed by atoms with Gasteiger partial charge in [0.1, 0.15) is 0 Å². The van der Waals surface area contributed by atoms with Crippen LogP contribution in [-0.4, -0.2) is 9.13 Å². The topological polar surface area (TPSA) is 9.86 Å². The minimum Gasteiger partial charge on any atom is -0.309 e. The molecule has 0 unspecified atom stereocenters. The normalized spacial score (nSPS) is 13.1. The second-order valence-electron chi connectivity index (χ2n) is 15.3. The summed E-state index contributed by atoms with van der Waals surface area (Å²) in [4.78, 5) is 0. The lowest BCUT2D eigenvalue weighted by Gasteiger charge is -2.34. The Hall–Kier alpha value is -7.42. The van der Waals surface area contributed by atoms with E-state index in [0.29, 0.717) is 0 Å². The van der Waals surface area contributed by atoms with E-state index in [9.17, 15) is 0 Å². The first kappa shape index (κ1) is 31.9. The Morgan fingerprint density at radius 1 is 0.281 bits per heavy atom. The summed E-state index contributed by atoms with van der Waals surface area (Å²) in [6.07, 6.45) is 0. The molecule has 57 heavy (non-hydrogen) atoms. The first-order valence-electron chi connectivity index (χ1n) is 19.8. The van der Waals surface area contributed by atoms with Crippen LogP contribution in [0.1, 0.15) is 22.3 Å². The van der Waals surface area contributed by atoms with Crippen LogP contribution >= 0.6 is 0 Å². The quantitative estimate of drug-likeness (QED) is 0.167. The van der Waals surface area contributed by atoms with Gasteiger partial charge in [0.15, 0.2) is 0 Å². The van der Waals surface area contributed by atoms with E-state index in [1.807, 2.05) is 0 Å². The summed E-state index contributed by atoms with van der Waals surface area (Å²) in [5.74, 6) is 0. The number of aromatic nitrogens is 2. The zero-order valence-corrected chi connectivity index (χ0v) is 31.2. The van der Waals surface area contributed by atoms with Gasteiger partial charge in [0.2, 0.25) is 0 Å². The van der Waals surface area contributed by atoms with Crippen LogP contribution in [0.4, 0.5) is 0 Å². The third-order valence-corrected chi connectivity index (χ3v) is 12.4. The number of para-hydroxylation sites is 3. The molecule has 0 atom stereocenters. The largest absolute Gasteiger partial charge is 0.309 e. The highest BCUT2D eigenvalue weighted by atomic mass is 15.0. The monoisotopic (exact) mass is 724 g/mol. The number of benzene rings is 9. The van der Waals surface area contributed by atoms with Crippen molar-refractivity contribution in [1.82, 2.24) is 9.13 Å². The van der Waals surface area contributed by atoms with E-state index in [-0.39, 0.29) is 0 Å². The summed E-state index contributed by atoms with van der Waals surface area (Å²) in [6, 6.07) is 80.5. The van der Waals surface area contributed by atoms with Crippen LogP contribution < -0.4 is 0 Å². The highest BCUT2D eigenvalue weighted by Gasteiger charge is 2.46. The van der Waals surface area contributed by atoms with Crippen molar-refractivity contribution in [3.63, 3.8) is 0 Å². The Labute approximate surface area is 331 Å². The summed E-state index contributed by atoms with van der Waals surface area (Å²) < 4.78 is 4.85. The zero-order valence-electron chi connectivity index (χ0n) is 31.2. The van der Waals surface area contributed by atoms with Crippen LogP contribution in [0.2, 0.25) is 0 Å². The van der Waals surface area contributed by atoms with E-state index in [2.05, 4.69) is 228 Å². The van der Waals surface area contributed by atoms with Crippen molar-refractivity contribution >= 4 is 43.6 Å². The number of fused-ring (bicyclic) bond motifs is 9. The Morgan fingerprint density at radius 3 is 1.35 bits per heavy atom. The molecule has 0 spiro atoms. The maximum absolute atomic E-state index is 2.50. The van der Waals surface area contributed by atoms with Crippen molar-refractivity contribution in [2.24, 2.45) is 0 Å². The van der Waals surface area contributed by atoms with Crippen LogP contribution in [-0.2, 0) is 5.41 Å². The van der Waals surface area contributed by atoms with Crippen LogP contribution in [0.25, 0.3) is 77.2 Å². The van der Waals surface area contributed by atoms with E-state index in [1.54, 1.807) is 0 Å². The van der Waals surface area contributed by atoms with Gasteiger partial charge in [-0.1, -0.05) is 152 Å². The molecule has 2 nitrogen and oxygen atoms in total. The molecule has 0 saturated carbocycles. The average molecular weight is 725 g/mol. The SMILES string of the molecule is c1ccc(-n2c3ccccc3c3cc(-c4ccc5c(c4)c4cc6c(cc4n5-c4ccccc4)C(c4ccccc4)(c4ccccc4)c4ccccc4-6)ccc32)cc1. The van der Waals surface area contributed by atoms with E-state index in [1.165, 1.54) is 93.8 Å². The molecule has 11 aromatic rings. The van der Waals surface area contributed by atoms with E-state index < -0.39 is 5.41 Å². The average Bonchev–Trinajstić information content (AvgIpc) is 3.90. The van der Waals surface area contributed by atoms with Gasteiger partial charge in [-0.2, -0.15) is 0 Å². The molecule has 266 valence electrons. The minimum absolute atomic E-state index is 0.472. The van der Waals surface area contributed by atoms with Crippen molar-refractivity contribution in [2.75, 3.05) is 0 Å². The molecule has 0 saturated heterocycles. The van der Waals surface area contributed by atoms with Crippen molar-refractivity contribution in [3.05, 3.63) is 241 Å². The third kappa shape index (κ3) is 4.53. The highest BCUT2D eigenvalue weighted by molar-refractivity contribution is 6.14. The molecule has 0 radical (unpaired) electrons. The van der Waals surface area contributed by atoms with E-state index in [4.69, 9.17) is 0 Å². The van der Waals surface area contributed by atoms with Crippen LogP contribution in [0.5, 0.6) is 0 Å². The Morgan fingerprint density at radius 2 is 0.737 bits per heavy atom. The van der Waals surface area contributed by atoms with Gasteiger partial charge in [-0.05, 0) is 111 Å². The van der Waals surface area contributed by atoms with Gasteiger partial charge in [0.05, 0.1) is 27.5 Å². The van der Waals surface area contributed by atoms with Crippen molar-refractivity contribution in [1.29, 1.82) is 0 Å². The van der Waals surface area contributed by atoms with Gasteiger partial charge in [-0.3, -0.25) is 0 Å². The lowest BCUT2D eigenvalue weighted by Crippen LogP contribution is -2.28. The molecule has 0 aliphatic heterocycles. The molecular weight excluding hydrogens is 689 g/mol. The number of hydrogen-bond donors (Lipinski definition) is 0. The molecule has 0 bridgehead atoms. The Balaban J connectivity index is 1.14. The van der Waals surface area contributed by atoms with Crippen LogP contribution in [0.15, 0.2) is 218 Å². The molecule has 1 aliphatic carbocycles. The minimum atomic E-state index is -0.472. The van der Waals surface area contributed by atoms with Crippen LogP contribution in [0, 0.1) is 0 Å². The summed E-state index contributed by atoms with van der Waals surface area (Å²) in [5.41, 5.74) is 16.9. The van der Waals surface area contributed by atoms with Crippen LogP contribution in [0.3, 0.4) is 0 Å². The Kier molecular flexibility index (Phi) is 6.88. The molecule has 12 rings (SSSR count). The van der Waals surface area contributed by atoms with Gasteiger partial charge >= 0.3 is 0 Å². The number of rotatable bonds is 5. The fourth-order valence-corrected chi connectivity index (χ4v) is 10.00. The molecular formula is C55H36N2. The fourth-order valence-electron chi connectivity index (χ4n) is 10.00.